The fraction of sp³-hybridized carbons (Fsp3) is 0.455. The summed E-state index contributed by atoms with van der Waals surface area (Å²) in [6, 6.07) is 18.8. The van der Waals surface area contributed by atoms with Crippen molar-refractivity contribution in [1.29, 1.82) is 0 Å². The van der Waals surface area contributed by atoms with Gasteiger partial charge < -0.3 is 0 Å². The molecule has 0 unspecified atom stereocenters. The second-order valence-electron chi connectivity index (χ2n) is 7.07. The minimum absolute atomic E-state index is 0.439. The standard InChI is InChI=1S/C22H33O2P/c1-2-3-4-5-6-7-8-15-20-25(23,24,21-16-11-9-12-17-21)22-18-13-10-14-19-22/h9-14,16-19,23-24H,2-8,15,20H2,1H3. The van der Waals surface area contributed by atoms with Gasteiger partial charge in [0.25, 0.3) is 0 Å². The molecule has 0 aliphatic rings. The van der Waals surface area contributed by atoms with Crippen LogP contribution in [0.5, 0.6) is 0 Å². The summed E-state index contributed by atoms with van der Waals surface area (Å²) in [6.07, 6.45) is 10.0. The Morgan fingerprint density at radius 1 is 0.600 bits per heavy atom. The molecule has 2 nitrogen and oxygen atoms in total. The summed E-state index contributed by atoms with van der Waals surface area (Å²) in [5, 5.41) is 1.34. The van der Waals surface area contributed by atoms with E-state index >= 15 is 0 Å². The van der Waals surface area contributed by atoms with E-state index in [4.69, 9.17) is 0 Å². The van der Waals surface area contributed by atoms with Crippen LogP contribution in [0.2, 0.25) is 0 Å². The van der Waals surface area contributed by atoms with E-state index in [1.165, 1.54) is 38.5 Å². The Bertz CT molecular complexity index is 567. The Morgan fingerprint density at radius 3 is 1.44 bits per heavy atom. The van der Waals surface area contributed by atoms with Crippen LogP contribution in [0.3, 0.4) is 0 Å². The van der Waals surface area contributed by atoms with Crippen LogP contribution >= 0.6 is 7.06 Å². The van der Waals surface area contributed by atoms with Gasteiger partial charge >= 0.3 is 153 Å². The molecular weight excluding hydrogens is 327 g/mol. The molecule has 25 heavy (non-hydrogen) atoms. The topological polar surface area (TPSA) is 40.5 Å². The first-order chi connectivity index (χ1) is 12.1. The first-order valence-corrected chi connectivity index (χ1v) is 12.0. The van der Waals surface area contributed by atoms with E-state index in [0.717, 1.165) is 12.8 Å². The monoisotopic (exact) mass is 360 g/mol. The number of hydrogen-bond donors (Lipinski definition) is 2. The Morgan fingerprint density at radius 2 is 1.00 bits per heavy atom. The average Bonchev–Trinajstić information content (AvgIpc) is 2.66. The predicted octanol–water partition coefficient (Wildman–Crippen LogP) is 5.15. The molecule has 0 saturated carbocycles. The van der Waals surface area contributed by atoms with Crippen LogP contribution in [-0.2, 0) is 0 Å². The Hall–Kier alpha value is -1.21. The molecule has 2 N–H and O–H groups in total. The molecule has 0 fully saturated rings. The zero-order chi connectivity index (χ0) is 18.0. The maximum absolute atomic E-state index is 11.6. The van der Waals surface area contributed by atoms with E-state index < -0.39 is 7.06 Å². The van der Waals surface area contributed by atoms with Crippen molar-refractivity contribution >= 4 is 17.7 Å². The molecule has 0 radical (unpaired) electrons. The zero-order valence-corrected chi connectivity index (χ0v) is 16.4. The van der Waals surface area contributed by atoms with E-state index in [0.29, 0.717) is 16.8 Å². The third-order valence-corrected chi connectivity index (χ3v) is 8.96. The van der Waals surface area contributed by atoms with Crippen LogP contribution in [0.4, 0.5) is 0 Å². The number of hydrogen-bond acceptors (Lipinski definition) is 2. The Balaban J connectivity index is 2.02. The van der Waals surface area contributed by atoms with Gasteiger partial charge in [-0.3, -0.25) is 0 Å². The van der Waals surface area contributed by atoms with Crippen LogP contribution in [0.25, 0.3) is 0 Å². The summed E-state index contributed by atoms with van der Waals surface area (Å²) in [4.78, 5) is 23.2. The number of unbranched alkanes of at least 4 members (excludes halogenated alkanes) is 7. The van der Waals surface area contributed by atoms with Crippen molar-refractivity contribution in [2.24, 2.45) is 0 Å². The van der Waals surface area contributed by atoms with Crippen LogP contribution in [0.1, 0.15) is 58.3 Å². The van der Waals surface area contributed by atoms with Crippen molar-refractivity contribution in [1.82, 2.24) is 0 Å². The summed E-state index contributed by atoms with van der Waals surface area (Å²) in [6.45, 7) is 2.24. The molecule has 0 heterocycles. The second-order valence-corrected chi connectivity index (χ2v) is 11.0. The van der Waals surface area contributed by atoms with Gasteiger partial charge in [0.05, 0.1) is 0 Å². The van der Waals surface area contributed by atoms with Gasteiger partial charge in [-0.05, 0) is 0 Å². The van der Waals surface area contributed by atoms with E-state index in [9.17, 15) is 9.79 Å². The third-order valence-electron chi connectivity index (χ3n) is 5.03. The van der Waals surface area contributed by atoms with Crippen LogP contribution in [-0.4, -0.2) is 15.9 Å². The van der Waals surface area contributed by atoms with Crippen molar-refractivity contribution in [3.8, 4) is 0 Å². The molecule has 0 bridgehead atoms. The molecule has 0 aliphatic carbocycles. The van der Waals surface area contributed by atoms with Gasteiger partial charge in [0, 0.05) is 0 Å². The van der Waals surface area contributed by atoms with Crippen LogP contribution < -0.4 is 10.6 Å². The zero-order valence-electron chi connectivity index (χ0n) is 15.5. The maximum atomic E-state index is 11.6. The predicted molar refractivity (Wildman–Crippen MR) is 111 cm³/mol. The molecule has 2 rings (SSSR count). The van der Waals surface area contributed by atoms with Crippen LogP contribution in [0, 0.1) is 0 Å². The van der Waals surface area contributed by atoms with Gasteiger partial charge in [0.2, 0.25) is 0 Å². The van der Waals surface area contributed by atoms with Gasteiger partial charge in [-0.15, -0.1) is 0 Å². The molecule has 2 aromatic rings. The van der Waals surface area contributed by atoms with E-state index in [2.05, 4.69) is 6.92 Å². The van der Waals surface area contributed by atoms with E-state index in [1.807, 2.05) is 60.7 Å². The van der Waals surface area contributed by atoms with Crippen molar-refractivity contribution < 1.29 is 9.79 Å². The van der Waals surface area contributed by atoms with Gasteiger partial charge in [-0.2, -0.15) is 0 Å². The fourth-order valence-corrected chi connectivity index (χ4v) is 6.67. The quantitative estimate of drug-likeness (QED) is 0.430. The molecule has 0 amide bonds. The molecule has 0 saturated heterocycles. The van der Waals surface area contributed by atoms with Gasteiger partial charge in [0.1, 0.15) is 0 Å². The van der Waals surface area contributed by atoms with Crippen molar-refractivity contribution in [2.75, 3.05) is 6.16 Å². The number of benzene rings is 2. The molecule has 0 spiro atoms. The average molecular weight is 360 g/mol. The van der Waals surface area contributed by atoms with Crippen molar-refractivity contribution in [2.45, 2.75) is 58.3 Å². The van der Waals surface area contributed by atoms with Gasteiger partial charge in [-0.1, -0.05) is 0 Å². The Labute approximate surface area is 153 Å². The summed E-state index contributed by atoms with van der Waals surface area (Å²) in [5.41, 5.74) is 0. The van der Waals surface area contributed by atoms with Crippen LogP contribution in [0.15, 0.2) is 60.7 Å². The Kier molecular flexibility index (Phi) is 7.62. The molecule has 2 aromatic carbocycles. The summed E-state index contributed by atoms with van der Waals surface area (Å²) < 4.78 is 0. The molecule has 0 aliphatic heterocycles. The summed E-state index contributed by atoms with van der Waals surface area (Å²) in [5.74, 6) is 0. The first-order valence-electron chi connectivity index (χ1n) is 9.69. The molecule has 0 atom stereocenters. The minimum atomic E-state index is -4.08. The van der Waals surface area contributed by atoms with Gasteiger partial charge in [-0.25, -0.2) is 0 Å². The fourth-order valence-electron chi connectivity index (χ4n) is 3.44. The first kappa shape index (κ1) is 20.1. The SMILES string of the molecule is CCCCCCCCCCP(O)(O)(c1ccccc1)c1ccccc1. The molecule has 3 heteroatoms. The summed E-state index contributed by atoms with van der Waals surface area (Å²) >= 11 is 0. The summed E-state index contributed by atoms with van der Waals surface area (Å²) in [7, 11) is -4.08. The second kappa shape index (κ2) is 9.48. The number of rotatable bonds is 11. The van der Waals surface area contributed by atoms with Crippen molar-refractivity contribution in [3.05, 3.63) is 60.7 Å². The van der Waals surface area contributed by atoms with Crippen molar-refractivity contribution in [3.63, 3.8) is 0 Å². The molecule has 0 aromatic heterocycles. The molecular formula is C22H33O2P. The van der Waals surface area contributed by atoms with Gasteiger partial charge in [0.15, 0.2) is 0 Å². The van der Waals surface area contributed by atoms with E-state index in [-0.39, 0.29) is 0 Å². The van der Waals surface area contributed by atoms with E-state index in [1.54, 1.807) is 0 Å². The molecule has 138 valence electrons. The normalized spacial score (nSPS) is 13.3. The third kappa shape index (κ3) is 5.38.